The molecule has 0 aliphatic rings. The third kappa shape index (κ3) is 11.7. The standard InChI is InChI=1S/C45H62N2O3/c1-4-7-10-12-14-16-19-23-37-32-41-42(33-38(44(37)48)24-20-17-15-13-11-8-5-2)47(43(46-41)27-18-9-6-3)34-35-28-30-36(31-29-35)39-25-21-22-26-40(39)45(49)50/h21-22,25-26,28-33H,4-20,23-24,27,34H2,1-3H3,(H,49,50). The van der Waals surface area contributed by atoms with E-state index < -0.39 is 5.97 Å². The number of carboxylic acid groups (broad SMARTS) is 1. The summed E-state index contributed by atoms with van der Waals surface area (Å²) >= 11 is 0. The number of rotatable bonds is 24. The normalized spacial score (nSPS) is 11.4. The van der Waals surface area contributed by atoms with E-state index in [-0.39, 0.29) is 5.43 Å². The van der Waals surface area contributed by atoms with Crippen molar-refractivity contribution in [3.63, 3.8) is 0 Å². The second-order valence-electron chi connectivity index (χ2n) is 14.3. The van der Waals surface area contributed by atoms with Gasteiger partial charge in [0.15, 0.2) is 5.43 Å². The molecule has 0 spiro atoms. The highest BCUT2D eigenvalue weighted by atomic mass is 16.4. The number of carbonyl (C=O) groups is 1. The van der Waals surface area contributed by atoms with E-state index in [9.17, 15) is 14.7 Å². The van der Waals surface area contributed by atoms with Gasteiger partial charge in [0, 0.05) is 24.1 Å². The van der Waals surface area contributed by atoms with Crippen LogP contribution in [-0.2, 0) is 25.8 Å². The van der Waals surface area contributed by atoms with E-state index in [1.54, 1.807) is 12.1 Å². The first-order valence-corrected chi connectivity index (χ1v) is 19.9. The van der Waals surface area contributed by atoms with E-state index >= 15 is 0 Å². The largest absolute Gasteiger partial charge is 0.478 e. The third-order valence-electron chi connectivity index (χ3n) is 10.2. The van der Waals surface area contributed by atoms with Gasteiger partial charge in [-0.25, -0.2) is 9.78 Å². The van der Waals surface area contributed by atoms with E-state index in [1.165, 1.54) is 70.6 Å². The van der Waals surface area contributed by atoms with E-state index in [2.05, 4.69) is 49.6 Å². The summed E-state index contributed by atoms with van der Waals surface area (Å²) in [6.45, 7) is 7.40. The summed E-state index contributed by atoms with van der Waals surface area (Å²) in [5, 5.41) is 9.73. The van der Waals surface area contributed by atoms with Crippen molar-refractivity contribution in [2.75, 3.05) is 0 Å². The summed E-state index contributed by atoms with van der Waals surface area (Å²) in [7, 11) is 0. The molecule has 5 nitrogen and oxygen atoms in total. The molecule has 1 aromatic heterocycles. The molecule has 0 fully saturated rings. The molecular formula is C45H62N2O3. The molecule has 0 saturated heterocycles. The van der Waals surface area contributed by atoms with E-state index in [0.29, 0.717) is 12.1 Å². The van der Waals surface area contributed by atoms with Crippen LogP contribution >= 0.6 is 0 Å². The Labute approximate surface area is 301 Å². The van der Waals surface area contributed by atoms with Crippen LogP contribution in [0.3, 0.4) is 0 Å². The summed E-state index contributed by atoms with van der Waals surface area (Å²) < 4.78 is 2.34. The van der Waals surface area contributed by atoms with E-state index in [4.69, 9.17) is 4.98 Å². The van der Waals surface area contributed by atoms with Crippen molar-refractivity contribution in [1.82, 2.24) is 9.55 Å². The van der Waals surface area contributed by atoms with E-state index in [1.807, 2.05) is 24.3 Å². The molecule has 1 heterocycles. The number of aryl methyl sites for hydroxylation is 3. The van der Waals surface area contributed by atoms with Crippen molar-refractivity contribution >= 4 is 17.0 Å². The maximum atomic E-state index is 14.1. The smallest absolute Gasteiger partial charge is 0.336 e. The molecule has 0 radical (unpaired) electrons. The van der Waals surface area contributed by atoms with Crippen LogP contribution in [0.5, 0.6) is 0 Å². The van der Waals surface area contributed by atoms with Gasteiger partial charge >= 0.3 is 5.97 Å². The lowest BCUT2D eigenvalue weighted by atomic mass is 9.99. The molecule has 5 heteroatoms. The molecule has 3 aromatic carbocycles. The second-order valence-corrected chi connectivity index (χ2v) is 14.3. The number of fused-ring (bicyclic) bond motifs is 1. The van der Waals surface area contributed by atoms with Gasteiger partial charge in [0.25, 0.3) is 0 Å². The van der Waals surface area contributed by atoms with Crippen LogP contribution in [0.1, 0.15) is 163 Å². The highest BCUT2D eigenvalue weighted by Gasteiger charge is 2.16. The zero-order valence-electron chi connectivity index (χ0n) is 31.3. The summed E-state index contributed by atoms with van der Waals surface area (Å²) in [4.78, 5) is 31.2. The maximum absolute atomic E-state index is 14.1. The Morgan fingerprint density at radius 2 is 1.16 bits per heavy atom. The third-order valence-corrected chi connectivity index (χ3v) is 10.2. The summed E-state index contributed by atoms with van der Waals surface area (Å²) in [6.07, 6.45) is 23.1. The van der Waals surface area contributed by atoms with Gasteiger partial charge in [-0.15, -0.1) is 0 Å². The number of hydrogen-bond donors (Lipinski definition) is 1. The van der Waals surface area contributed by atoms with Gasteiger partial charge in [0.1, 0.15) is 5.82 Å². The van der Waals surface area contributed by atoms with Crippen molar-refractivity contribution in [2.45, 2.75) is 156 Å². The number of unbranched alkanes of at least 4 members (excludes halogenated alkanes) is 14. The fourth-order valence-corrected chi connectivity index (χ4v) is 7.17. The van der Waals surface area contributed by atoms with Gasteiger partial charge in [0.05, 0.1) is 16.6 Å². The Balaban J connectivity index is 1.66. The molecule has 0 amide bonds. The molecule has 50 heavy (non-hydrogen) atoms. The molecule has 4 aromatic rings. The first-order valence-electron chi connectivity index (χ1n) is 19.9. The molecule has 0 bridgehead atoms. The van der Waals surface area contributed by atoms with Crippen LogP contribution in [0.25, 0.3) is 22.2 Å². The molecule has 0 aliphatic heterocycles. The van der Waals surface area contributed by atoms with Crippen molar-refractivity contribution in [2.24, 2.45) is 0 Å². The molecular weight excluding hydrogens is 617 g/mol. The Bertz CT molecular complexity index is 1670. The number of benzene rings is 2. The van der Waals surface area contributed by atoms with Crippen LogP contribution in [-0.4, -0.2) is 20.6 Å². The van der Waals surface area contributed by atoms with Crippen LogP contribution in [0.4, 0.5) is 0 Å². The van der Waals surface area contributed by atoms with Crippen molar-refractivity contribution in [3.05, 3.63) is 99.0 Å². The minimum Gasteiger partial charge on any atom is -0.478 e. The van der Waals surface area contributed by atoms with Gasteiger partial charge in [-0.05, 0) is 67.0 Å². The van der Waals surface area contributed by atoms with Gasteiger partial charge in [0.2, 0.25) is 0 Å². The fourth-order valence-electron chi connectivity index (χ4n) is 7.17. The Kier molecular flexibility index (Phi) is 16.8. The topological polar surface area (TPSA) is 72.2 Å². The number of aromatic nitrogens is 2. The first kappa shape index (κ1) is 39.1. The predicted molar refractivity (Wildman–Crippen MR) is 211 cm³/mol. The molecule has 0 saturated carbocycles. The van der Waals surface area contributed by atoms with Crippen LogP contribution in [0.2, 0.25) is 0 Å². The summed E-state index contributed by atoms with van der Waals surface area (Å²) in [5.41, 5.74) is 7.12. The quantitative estimate of drug-likeness (QED) is 0.0749. The zero-order chi connectivity index (χ0) is 35.6. The van der Waals surface area contributed by atoms with Gasteiger partial charge in [-0.2, -0.15) is 0 Å². The number of imidazole rings is 1. The van der Waals surface area contributed by atoms with Crippen molar-refractivity contribution in [1.29, 1.82) is 0 Å². The number of nitrogens with zero attached hydrogens (tertiary/aromatic N) is 2. The minimum absolute atomic E-state index is 0.223. The summed E-state index contributed by atoms with van der Waals surface area (Å²) in [5.74, 6) is 0.159. The summed E-state index contributed by atoms with van der Waals surface area (Å²) in [6, 6.07) is 19.7. The zero-order valence-corrected chi connectivity index (χ0v) is 31.3. The van der Waals surface area contributed by atoms with Gasteiger partial charge < -0.3 is 9.67 Å². The first-order chi connectivity index (χ1) is 24.5. The number of hydrogen-bond acceptors (Lipinski definition) is 3. The Hall–Kier alpha value is -3.73. The van der Waals surface area contributed by atoms with E-state index in [0.717, 1.165) is 102 Å². The highest BCUT2D eigenvalue weighted by molar-refractivity contribution is 5.96. The van der Waals surface area contributed by atoms with Crippen LogP contribution in [0.15, 0.2) is 65.5 Å². The Morgan fingerprint density at radius 3 is 1.76 bits per heavy atom. The van der Waals surface area contributed by atoms with Crippen LogP contribution < -0.4 is 5.43 Å². The van der Waals surface area contributed by atoms with Gasteiger partial charge in [-0.1, -0.05) is 153 Å². The van der Waals surface area contributed by atoms with Gasteiger partial charge in [-0.3, -0.25) is 4.79 Å². The lowest BCUT2D eigenvalue weighted by Gasteiger charge is -2.11. The van der Waals surface area contributed by atoms with Crippen LogP contribution in [0, 0.1) is 0 Å². The average Bonchev–Trinajstić information content (AvgIpc) is 3.37. The molecule has 270 valence electrons. The molecule has 0 unspecified atom stereocenters. The fraction of sp³-hybridized carbons (Fsp3) is 0.533. The van der Waals surface area contributed by atoms with Crippen molar-refractivity contribution < 1.29 is 9.90 Å². The molecule has 0 atom stereocenters. The average molecular weight is 679 g/mol. The molecule has 4 rings (SSSR count). The monoisotopic (exact) mass is 678 g/mol. The van der Waals surface area contributed by atoms with Crippen molar-refractivity contribution in [3.8, 4) is 11.1 Å². The maximum Gasteiger partial charge on any atom is 0.336 e. The molecule has 1 N–H and O–H groups in total. The predicted octanol–water partition coefficient (Wildman–Crippen LogP) is 12.1. The molecule has 0 aliphatic carbocycles. The SMILES string of the molecule is CCCCCCCCCc1cc2nc(CCCCC)n(Cc3ccc(-c4ccccc4C(=O)O)cc3)c2cc(CCCCCCCCC)c1=O. The lowest BCUT2D eigenvalue weighted by molar-refractivity contribution is 0.0697. The number of aromatic carboxylic acids is 1. The Morgan fingerprint density at radius 1 is 0.640 bits per heavy atom. The lowest BCUT2D eigenvalue weighted by Crippen LogP contribution is -2.12. The highest BCUT2D eigenvalue weighted by Crippen LogP contribution is 2.26. The minimum atomic E-state index is -0.921. The number of carboxylic acids is 1. The second kappa shape index (κ2) is 21.5.